The van der Waals surface area contributed by atoms with E-state index in [1.165, 1.54) is 4.90 Å². The van der Waals surface area contributed by atoms with Crippen molar-refractivity contribution in [3.8, 4) is 5.75 Å². The van der Waals surface area contributed by atoms with Crippen molar-refractivity contribution in [3.05, 3.63) is 24.5 Å². The summed E-state index contributed by atoms with van der Waals surface area (Å²) in [4.78, 5) is 26.3. The van der Waals surface area contributed by atoms with Crippen LogP contribution < -0.4 is 15.0 Å². The quantitative estimate of drug-likeness (QED) is 0.849. The van der Waals surface area contributed by atoms with Crippen molar-refractivity contribution in [1.29, 1.82) is 0 Å². The smallest absolute Gasteiger partial charge is 0.408 e. The van der Waals surface area contributed by atoms with Gasteiger partial charge >= 0.3 is 6.09 Å². The molecule has 8 heteroatoms. The fourth-order valence-electron chi connectivity index (χ4n) is 2.64. The van der Waals surface area contributed by atoms with Gasteiger partial charge in [0, 0.05) is 17.8 Å². The number of hydrogen-bond donors (Lipinski definition) is 1. The average Bonchev–Trinajstić information content (AvgIpc) is 2.65. The van der Waals surface area contributed by atoms with Gasteiger partial charge in [-0.2, -0.15) is 10.2 Å². The summed E-state index contributed by atoms with van der Waals surface area (Å²) in [5.74, 6) is 0.249. The lowest BCUT2D eigenvalue weighted by molar-refractivity contribution is -0.120. The number of carbonyl (C=O) groups is 2. The maximum atomic E-state index is 12.8. The van der Waals surface area contributed by atoms with E-state index in [1.54, 1.807) is 46.3 Å². The number of fused-ring (bicyclic) bond motifs is 3. The maximum absolute atomic E-state index is 12.8. The van der Waals surface area contributed by atoms with E-state index in [2.05, 4.69) is 15.5 Å². The summed E-state index contributed by atoms with van der Waals surface area (Å²) >= 11 is 0. The number of anilines is 1. The molecule has 132 valence electrons. The highest BCUT2D eigenvalue weighted by atomic mass is 16.6. The van der Waals surface area contributed by atoms with Crippen LogP contribution in [0, 0.1) is 0 Å². The van der Waals surface area contributed by atoms with Gasteiger partial charge in [-0.15, -0.1) is 0 Å². The molecule has 1 aromatic heterocycles. The number of amides is 2. The Kier molecular flexibility index (Phi) is 4.20. The normalized spacial score (nSPS) is 17.5. The van der Waals surface area contributed by atoms with Crippen LogP contribution >= 0.6 is 0 Å². The van der Waals surface area contributed by atoms with Crippen LogP contribution in [0.5, 0.6) is 5.75 Å². The molecule has 1 aromatic carbocycles. The van der Waals surface area contributed by atoms with E-state index < -0.39 is 17.7 Å². The van der Waals surface area contributed by atoms with Gasteiger partial charge in [0.2, 0.25) is 0 Å². The molecular weight excluding hydrogens is 324 g/mol. The second kappa shape index (κ2) is 6.19. The van der Waals surface area contributed by atoms with Crippen LogP contribution in [0.2, 0.25) is 0 Å². The fraction of sp³-hybridized carbons (Fsp3) is 0.412. The molecule has 2 amide bonds. The summed E-state index contributed by atoms with van der Waals surface area (Å²) in [5, 5.41) is 11.9. The number of ether oxygens (including phenoxy) is 2. The number of benzene rings is 1. The van der Waals surface area contributed by atoms with Crippen molar-refractivity contribution in [2.24, 2.45) is 0 Å². The van der Waals surface area contributed by atoms with E-state index in [-0.39, 0.29) is 12.5 Å². The van der Waals surface area contributed by atoms with Crippen LogP contribution in [0.1, 0.15) is 20.8 Å². The molecule has 2 heterocycles. The molecular formula is C17H20N4O4. The predicted octanol–water partition coefficient (Wildman–Crippen LogP) is 1.88. The fourth-order valence-corrected chi connectivity index (χ4v) is 2.64. The number of carbonyl (C=O) groups excluding carboxylic acids is 2. The Morgan fingerprint density at radius 3 is 2.76 bits per heavy atom. The van der Waals surface area contributed by atoms with Gasteiger partial charge in [-0.25, -0.2) is 4.79 Å². The number of aromatic nitrogens is 2. The minimum atomic E-state index is -0.850. The molecule has 2 aromatic rings. The summed E-state index contributed by atoms with van der Waals surface area (Å²) in [7, 11) is 1.64. The second-order valence-corrected chi connectivity index (χ2v) is 6.81. The SMILES string of the molecule is CN1C(=O)[C@@H](NC(=O)OC(C)(C)C)COc2ccc3cnncc3c21. The van der Waals surface area contributed by atoms with Gasteiger partial charge < -0.3 is 19.7 Å². The molecule has 25 heavy (non-hydrogen) atoms. The van der Waals surface area contributed by atoms with E-state index >= 15 is 0 Å². The van der Waals surface area contributed by atoms with Gasteiger partial charge in [0.05, 0.1) is 18.1 Å². The monoisotopic (exact) mass is 344 g/mol. The second-order valence-electron chi connectivity index (χ2n) is 6.81. The van der Waals surface area contributed by atoms with Gasteiger partial charge in [0.15, 0.2) is 0 Å². The largest absolute Gasteiger partial charge is 0.489 e. The van der Waals surface area contributed by atoms with Crippen LogP contribution in [0.15, 0.2) is 24.5 Å². The first-order valence-corrected chi connectivity index (χ1v) is 7.89. The molecule has 3 rings (SSSR count). The Hall–Kier alpha value is -2.90. The summed E-state index contributed by atoms with van der Waals surface area (Å²) < 4.78 is 11.0. The van der Waals surface area contributed by atoms with Crippen molar-refractivity contribution in [2.75, 3.05) is 18.6 Å². The molecule has 0 saturated carbocycles. The molecule has 0 spiro atoms. The van der Waals surface area contributed by atoms with Crippen molar-refractivity contribution in [1.82, 2.24) is 15.5 Å². The van der Waals surface area contributed by atoms with Crippen LogP contribution in [0.4, 0.5) is 10.5 Å². The predicted molar refractivity (Wildman–Crippen MR) is 91.6 cm³/mol. The van der Waals surface area contributed by atoms with Gasteiger partial charge in [0.1, 0.15) is 24.0 Å². The molecule has 1 aliphatic heterocycles. The van der Waals surface area contributed by atoms with Gasteiger partial charge in [-0.1, -0.05) is 0 Å². The molecule has 1 atom stereocenters. The summed E-state index contributed by atoms with van der Waals surface area (Å²) in [6.07, 6.45) is 2.54. The summed E-state index contributed by atoms with van der Waals surface area (Å²) in [6, 6.07) is 2.78. The van der Waals surface area contributed by atoms with Crippen molar-refractivity contribution in [2.45, 2.75) is 32.4 Å². The lowest BCUT2D eigenvalue weighted by Gasteiger charge is -2.24. The average molecular weight is 344 g/mol. The highest BCUT2D eigenvalue weighted by Crippen LogP contribution is 2.37. The third-order valence-electron chi connectivity index (χ3n) is 3.72. The topological polar surface area (TPSA) is 93.7 Å². The Balaban J connectivity index is 1.89. The number of nitrogens with one attached hydrogen (secondary N) is 1. The molecule has 8 nitrogen and oxygen atoms in total. The highest BCUT2D eigenvalue weighted by molar-refractivity contribution is 6.08. The number of nitrogens with zero attached hydrogens (tertiary/aromatic N) is 3. The Morgan fingerprint density at radius 1 is 1.32 bits per heavy atom. The molecule has 0 saturated heterocycles. The third kappa shape index (κ3) is 3.47. The van der Waals surface area contributed by atoms with Crippen molar-refractivity contribution >= 4 is 28.5 Å². The Labute approximate surface area is 145 Å². The number of rotatable bonds is 1. The summed E-state index contributed by atoms with van der Waals surface area (Å²) in [5.41, 5.74) is -0.0477. The van der Waals surface area contributed by atoms with E-state index in [4.69, 9.17) is 9.47 Å². The van der Waals surface area contributed by atoms with Crippen LogP contribution in [0.3, 0.4) is 0 Å². The first kappa shape index (κ1) is 16.9. The first-order chi connectivity index (χ1) is 11.8. The van der Waals surface area contributed by atoms with E-state index in [1.807, 2.05) is 6.07 Å². The Morgan fingerprint density at radius 2 is 2.04 bits per heavy atom. The maximum Gasteiger partial charge on any atom is 0.408 e. The number of likely N-dealkylation sites (N-methyl/N-ethyl adjacent to an activating group) is 1. The van der Waals surface area contributed by atoms with E-state index in [0.29, 0.717) is 11.4 Å². The Bertz CT molecular complexity index is 831. The van der Waals surface area contributed by atoms with Crippen molar-refractivity contribution < 1.29 is 19.1 Å². The lowest BCUT2D eigenvalue weighted by Crippen LogP contribution is -2.50. The zero-order valence-corrected chi connectivity index (χ0v) is 14.6. The standard InChI is InChI=1S/C17H20N4O4/c1-17(2,3)25-16(23)20-12-9-24-13-6-5-10-7-18-19-8-11(10)14(13)21(4)15(12)22/h5-8,12H,9H2,1-4H3,(H,20,23)/t12-/m0/s1. The van der Waals surface area contributed by atoms with Gasteiger partial charge in [-0.05, 0) is 32.9 Å². The lowest BCUT2D eigenvalue weighted by atomic mass is 10.1. The minimum absolute atomic E-state index is 0.0133. The molecule has 1 N–H and O–H groups in total. The third-order valence-corrected chi connectivity index (χ3v) is 3.72. The first-order valence-electron chi connectivity index (χ1n) is 7.89. The van der Waals surface area contributed by atoms with Gasteiger partial charge in [0.25, 0.3) is 5.91 Å². The molecule has 0 fully saturated rings. The minimum Gasteiger partial charge on any atom is -0.489 e. The molecule has 1 aliphatic rings. The van der Waals surface area contributed by atoms with Crippen LogP contribution in [-0.4, -0.2) is 47.5 Å². The number of alkyl carbamates (subject to hydrolysis) is 1. The zero-order chi connectivity index (χ0) is 18.2. The molecule has 0 aliphatic carbocycles. The van der Waals surface area contributed by atoms with Crippen molar-refractivity contribution in [3.63, 3.8) is 0 Å². The van der Waals surface area contributed by atoms with Crippen LogP contribution in [-0.2, 0) is 9.53 Å². The highest BCUT2D eigenvalue weighted by Gasteiger charge is 2.32. The molecule has 0 bridgehead atoms. The molecule has 0 unspecified atom stereocenters. The van der Waals surface area contributed by atoms with E-state index in [9.17, 15) is 9.59 Å². The number of hydrogen-bond acceptors (Lipinski definition) is 6. The van der Waals surface area contributed by atoms with Crippen LogP contribution in [0.25, 0.3) is 10.8 Å². The molecule has 0 radical (unpaired) electrons. The van der Waals surface area contributed by atoms with E-state index in [0.717, 1.165) is 10.8 Å². The van der Waals surface area contributed by atoms with Gasteiger partial charge in [-0.3, -0.25) is 4.79 Å². The summed E-state index contributed by atoms with van der Waals surface area (Å²) in [6.45, 7) is 5.28. The zero-order valence-electron chi connectivity index (χ0n) is 14.6.